The Morgan fingerprint density at radius 2 is 2.75 bits per heavy atom. The molecule has 3 nitrogen and oxygen atoms in total. The summed E-state index contributed by atoms with van der Waals surface area (Å²) in [6.45, 7) is 3.40. The third-order valence-corrected chi connectivity index (χ3v) is 0.720. The molecular weight excluding hydrogens is 104 g/mol. The molecule has 0 saturated heterocycles. The van der Waals surface area contributed by atoms with Gasteiger partial charge in [0.25, 0.3) is 0 Å². The zero-order valence-electron chi connectivity index (χ0n) is 4.59. The molecule has 0 aliphatic rings. The minimum absolute atomic E-state index is 0.674. The first-order chi connectivity index (χ1) is 3.93. The van der Waals surface area contributed by atoms with Crippen molar-refractivity contribution in [3.8, 4) is 5.88 Å². The van der Waals surface area contributed by atoms with Gasteiger partial charge in [0.05, 0.1) is 6.20 Å². The molecule has 0 aliphatic carbocycles. The average Bonchev–Trinajstić information content (AvgIpc) is 2.19. The van der Waals surface area contributed by atoms with E-state index in [0.29, 0.717) is 5.88 Å². The van der Waals surface area contributed by atoms with Crippen molar-refractivity contribution in [2.24, 2.45) is 0 Å². The van der Waals surface area contributed by atoms with Gasteiger partial charge in [-0.1, -0.05) is 0 Å². The lowest BCUT2D eigenvalue weighted by molar-refractivity contribution is 0.399. The lowest BCUT2D eigenvalue weighted by Crippen LogP contribution is -1.83. The van der Waals surface area contributed by atoms with Gasteiger partial charge in [0.15, 0.2) is 0 Å². The first-order valence-electron chi connectivity index (χ1n) is 2.37. The van der Waals surface area contributed by atoms with Crippen molar-refractivity contribution in [1.29, 1.82) is 0 Å². The lowest BCUT2D eigenvalue weighted by atomic mass is 10.7. The predicted molar refractivity (Wildman–Crippen MR) is 29.2 cm³/mol. The Bertz CT molecular complexity index is 136. The minimum atomic E-state index is 0.674. The summed E-state index contributed by atoms with van der Waals surface area (Å²) in [6, 6.07) is 1.75. The van der Waals surface area contributed by atoms with Crippen LogP contribution in [0.2, 0.25) is 0 Å². The van der Waals surface area contributed by atoms with E-state index in [1.165, 1.54) is 0 Å². The number of hydrogen-bond acceptors (Lipinski definition) is 2. The summed E-state index contributed by atoms with van der Waals surface area (Å²) in [5, 5.41) is 6.31. The zero-order valence-corrected chi connectivity index (χ0v) is 4.59. The van der Waals surface area contributed by atoms with Crippen LogP contribution in [0, 0.1) is 6.61 Å². The normalized spacial score (nSPS) is 9.12. The fourth-order valence-corrected chi connectivity index (χ4v) is 0.436. The van der Waals surface area contributed by atoms with Gasteiger partial charge >= 0.3 is 0 Å². The fraction of sp³-hybridized carbons (Fsp3) is 0.200. The molecule has 3 heteroatoms. The predicted octanol–water partition coefficient (Wildman–Crippen LogP) is 0.970. The van der Waals surface area contributed by atoms with Crippen LogP contribution >= 0.6 is 0 Å². The molecule has 0 saturated carbocycles. The van der Waals surface area contributed by atoms with E-state index in [-0.39, 0.29) is 0 Å². The molecule has 1 rings (SSSR count). The molecule has 1 heterocycles. The van der Waals surface area contributed by atoms with E-state index in [4.69, 9.17) is 4.74 Å². The molecule has 0 amide bonds. The highest BCUT2D eigenvalue weighted by Gasteiger charge is 1.86. The summed E-state index contributed by atoms with van der Waals surface area (Å²) in [5.41, 5.74) is 0. The number of hydrogen-bond donors (Lipinski definition) is 1. The van der Waals surface area contributed by atoms with Crippen LogP contribution in [0.5, 0.6) is 5.88 Å². The average molecular weight is 111 g/mol. The molecule has 0 atom stereocenters. The molecule has 1 aromatic rings. The summed E-state index contributed by atoms with van der Waals surface area (Å²) in [5.74, 6) is 0.674. The molecule has 0 spiro atoms. The molecule has 1 aromatic heterocycles. The highest BCUT2D eigenvalue weighted by atomic mass is 16.5. The van der Waals surface area contributed by atoms with E-state index in [1.807, 2.05) is 0 Å². The van der Waals surface area contributed by atoms with Gasteiger partial charge in [0.2, 0.25) is 5.88 Å². The Hall–Kier alpha value is -0.990. The van der Waals surface area contributed by atoms with E-state index < -0.39 is 0 Å². The first kappa shape index (κ1) is 5.15. The highest BCUT2D eigenvalue weighted by Crippen LogP contribution is 2.01. The van der Waals surface area contributed by atoms with Gasteiger partial charge < -0.3 is 4.74 Å². The number of nitrogens with one attached hydrogen (secondary N) is 1. The molecule has 0 aromatic carbocycles. The molecule has 0 aliphatic heterocycles. The van der Waals surface area contributed by atoms with Crippen molar-refractivity contribution < 1.29 is 4.74 Å². The minimum Gasteiger partial charge on any atom is -0.471 e. The van der Waals surface area contributed by atoms with Crippen LogP contribution in [-0.4, -0.2) is 10.2 Å². The highest BCUT2D eigenvalue weighted by molar-refractivity contribution is 5.04. The van der Waals surface area contributed by atoms with E-state index in [0.717, 1.165) is 0 Å². The van der Waals surface area contributed by atoms with Crippen molar-refractivity contribution in [1.82, 2.24) is 10.2 Å². The van der Waals surface area contributed by atoms with Crippen LogP contribution in [0.1, 0.15) is 6.92 Å². The number of aromatic amines is 1. The van der Waals surface area contributed by atoms with Crippen molar-refractivity contribution in [3.63, 3.8) is 0 Å². The second kappa shape index (κ2) is 2.35. The van der Waals surface area contributed by atoms with Gasteiger partial charge in [-0.3, -0.25) is 0 Å². The SMILES string of the molecule is C[CH]Oc1ccn[nH]1. The van der Waals surface area contributed by atoms with E-state index in [9.17, 15) is 0 Å². The van der Waals surface area contributed by atoms with Crippen LogP contribution in [0.25, 0.3) is 0 Å². The number of ether oxygens (including phenoxy) is 1. The van der Waals surface area contributed by atoms with Crippen LogP contribution in [0.15, 0.2) is 12.3 Å². The Morgan fingerprint density at radius 1 is 1.88 bits per heavy atom. The Labute approximate surface area is 47.7 Å². The smallest absolute Gasteiger partial charge is 0.209 e. The number of H-pyrrole nitrogens is 1. The maximum absolute atomic E-state index is 4.90. The van der Waals surface area contributed by atoms with Crippen molar-refractivity contribution >= 4 is 0 Å². The van der Waals surface area contributed by atoms with E-state index in [2.05, 4.69) is 10.2 Å². The molecule has 0 fully saturated rings. The van der Waals surface area contributed by atoms with Gasteiger partial charge in [-0.2, -0.15) is 5.10 Å². The van der Waals surface area contributed by atoms with Crippen molar-refractivity contribution in [2.45, 2.75) is 6.92 Å². The van der Waals surface area contributed by atoms with Crippen LogP contribution in [-0.2, 0) is 0 Å². The number of aromatic nitrogens is 2. The first-order valence-corrected chi connectivity index (χ1v) is 2.37. The Kier molecular flexibility index (Phi) is 1.51. The summed E-state index contributed by atoms with van der Waals surface area (Å²) < 4.78 is 4.90. The van der Waals surface area contributed by atoms with Crippen LogP contribution in [0.4, 0.5) is 0 Å². The fourth-order valence-electron chi connectivity index (χ4n) is 0.436. The van der Waals surface area contributed by atoms with Gasteiger partial charge in [0.1, 0.15) is 6.61 Å². The van der Waals surface area contributed by atoms with Gasteiger partial charge in [-0.05, 0) is 6.92 Å². The van der Waals surface area contributed by atoms with Crippen LogP contribution in [0.3, 0.4) is 0 Å². The summed E-state index contributed by atoms with van der Waals surface area (Å²) in [4.78, 5) is 0. The largest absolute Gasteiger partial charge is 0.471 e. The van der Waals surface area contributed by atoms with Gasteiger partial charge in [-0.15, -0.1) is 0 Å². The second-order valence-electron chi connectivity index (χ2n) is 1.27. The number of nitrogens with zero attached hydrogens (tertiary/aromatic N) is 1. The molecule has 1 radical (unpaired) electrons. The molecule has 43 valence electrons. The second-order valence-corrected chi connectivity index (χ2v) is 1.27. The standard InChI is InChI=1S/C5H7N2O/c1-2-8-5-3-4-6-7-5/h2-4H,1H3,(H,6,7). The monoisotopic (exact) mass is 111 g/mol. The quantitative estimate of drug-likeness (QED) is 0.617. The summed E-state index contributed by atoms with van der Waals surface area (Å²) >= 11 is 0. The molecule has 1 N–H and O–H groups in total. The Balaban J connectivity index is 2.50. The molecule has 8 heavy (non-hydrogen) atoms. The maximum Gasteiger partial charge on any atom is 0.209 e. The molecule has 0 unspecified atom stereocenters. The van der Waals surface area contributed by atoms with Gasteiger partial charge in [-0.25, -0.2) is 5.10 Å². The maximum atomic E-state index is 4.90. The van der Waals surface area contributed by atoms with Crippen molar-refractivity contribution in [3.05, 3.63) is 18.9 Å². The summed E-state index contributed by atoms with van der Waals surface area (Å²) in [6.07, 6.45) is 1.64. The van der Waals surface area contributed by atoms with E-state index >= 15 is 0 Å². The van der Waals surface area contributed by atoms with Crippen molar-refractivity contribution in [2.75, 3.05) is 0 Å². The van der Waals surface area contributed by atoms with Crippen LogP contribution < -0.4 is 4.74 Å². The topological polar surface area (TPSA) is 37.9 Å². The molecule has 0 bridgehead atoms. The summed E-state index contributed by atoms with van der Waals surface area (Å²) in [7, 11) is 0. The van der Waals surface area contributed by atoms with E-state index in [1.54, 1.807) is 25.8 Å². The third kappa shape index (κ3) is 0.992. The lowest BCUT2D eigenvalue weighted by Gasteiger charge is -1.92. The van der Waals surface area contributed by atoms with Gasteiger partial charge in [0, 0.05) is 6.07 Å². The molecular formula is C5H7N2O. The number of rotatable bonds is 2. The Morgan fingerprint density at radius 3 is 3.25 bits per heavy atom. The zero-order chi connectivity index (χ0) is 5.82. The third-order valence-electron chi connectivity index (χ3n) is 0.720.